The van der Waals surface area contributed by atoms with Crippen molar-refractivity contribution in [2.45, 2.75) is 69.5 Å². The molecule has 3 aromatic rings. The summed E-state index contributed by atoms with van der Waals surface area (Å²) in [6.45, 7) is 3.25. The summed E-state index contributed by atoms with van der Waals surface area (Å²) in [5.41, 5.74) is 2.05. The van der Waals surface area contributed by atoms with E-state index in [-0.39, 0.29) is 34.1 Å². The Kier molecular flexibility index (Phi) is 10.5. The number of amides is 2. The van der Waals surface area contributed by atoms with E-state index in [2.05, 4.69) is 5.32 Å². The summed E-state index contributed by atoms with van der Waals surface area (Å²) in [6.07, 6.45) is 5.09. The highest BCUT2D eigenvalue weighted by molar-refractivity contribution is 7.92. The fourth-order valence-corrected chi connectivity index (χ4v) is 6.90. The first-order valence-electron chi connectivity index (χ1n) is 14.2. The molecule has 4 rings (SSSR count). The number of carbonyl (C=O) groups excluding carboxylic acids is 2. The molecule has 1 aliphatic rings. The minimum Gasteiger partial charge on any atom is -0.495 e. The van der Waals surface area contributed by atoms with Crippen LogP contribution < -0.4 is 14.4 Å². The molecule has 3 aromatic carbocycles. The number of anilines is 1. The first kappa shape index (κ1) is 31.4. The Morgan fingerprint density at radius 1 is 1.00 bits per heavy atom. The van der Waals surface area contributed by atoms with Crippen LogP contribution in [0.1, 0.15) is 50.2 Å². The van der Waals surface area contributed by atoms with Crippen LogP contribution in [0.5, 0.6) is 5.75 Å². The summed E-state index contributed by atoms with van der Waals surface area (Å²) in [5, 5.41) is 3.32. The number of hydrogen-bond donors (Lipinski definition) is 1. The molecule has 0 saturated heterocycles. The second kappa shape index (κ2) is 14.1. The zero-order chi connectivity index (χ0) is 30.3. The summed E-state index contributed by atoms with van der Waals surface area (Å²) in [7, 11) is -2.72. The smallest absolute Gasteiger partial charge is 0.264 e. The molecular weight excluding hydrogens is 574 g/mol. The molecule has 0 unspecified atom stereocenters. The van der Waals surface area contributed by atoms with Crippen LogP contribution in [0.2, 0.25) is 5.02 Å². The third-order valence-electron chi connectivity index (χ3n) is 7.59. The SMILES string of the molecule is COc1ccc(N(CC(=O)N(Cc2cccc(C)c2)[C@@H](C)C(=O)NC2CCCCC2)S(=O)(=O)c2ccccc2)cc1Cl. The van der Waals surface area contributed by atoms with Gasteiger partial charge in [-0.15, -0.1) is 0 Å². The molecule has 1 aliphatic carbocycles. The molecule has 42 heavy (non-hydrogen) atoms. The lowest BCUT2D eigenvalue weighted by Gasteiger charge is -2.33. The van der Waals surface area contributed by atoms with Crippen molar-refractivity contribution in [1.82, 2.24) is 10.2 Å². The molecule has 0 aromatic heterocycles. The number of rotatable bonds is 11. The minimum atomic E-state index is -4.18. The lowest BCUT2D eigenvalue weighted by molar-refractivity contribution is -0.139. The number of carbonyl (C=O) groups is 2. The van der Waals surface area contributed by atoms with E-state index in [1.165, 1.54) is 30.2 Å². The molecule has 2 amide bonds. The highest BCUT2D eigenvalue weighted by Crippen LogP contribution is 2.32. The normalized spacial score (nSPS) is 14.6. The van der Waals surface area contributed by atoms with Crippen LogP contribution in [0.4, 0.5) is 5.69 Å². The van der Waals surface area contributed by atoms with E-state index in [0.29, 0.717) is 5.75 Å². The third kappa shape index (κ3) is 7.63. The molecule has 0 aliphatic heterocycles. The van der Waals surface area contributed by atoms with E-state index < -0.39 is 28.5 Å². The van der Waals surface area contributed by atoms with Crippen molar-refractivity contribution in [2.24, 2.45) is 0 Å². The van der Waals surface area contributed by atoms with Gasteiger partial charge in [0.2, 0.25) is 11.8 Å². The van der Waals surface area contributed by atoms with Gasteiger partial charge < -0.3 is 15.0 Å². The van der Waals surface area contributed by atoms with Crippen molar-refractivity contribution < 1.29 is 22.7 Å². The molecule has 8 nitrogen and oxygen atoms in total. The molecule has 0 spiro atoms. The molecule has 0 heterocycles. The van der Waals surface area contributed by atoms with E-state index in [0.717, 1.165) is 47.5 Å². The zero-order valence-electron chi connectivity index (χ0n) is 24.3. The van der Waals surface area contributed by atoms with Crippen LogP contribution in [0.25, 0.3) is 0 Å². The molecule has 0 bridgehead atoms. The number of halogens is 1. The number of nitrogens with one attached hydrogen (secondary N) is 1. The maximum absolute atomic E-state index is 14.1. The number of hydrogen-bond acceptors (Lipinski definition) is 5. The van der Waals surface area contributed by atoms with Gasteiger partial charge in [0.1, 0.15) is 18.3 Å². The van der Waals surface area contributed by atoms with Crippen LogP contribution in [-0.4, -0.2) is 50.9 Å². The van der Waals surface area contributed by atoms with Crippen molar-refractivity contribution in [2.75, 3.05) is 18.0 Å². The van der Waals surface area contributed by atoms with Gasteiger partial charge in [-0.05, 0) is 62.6 Å². The summed E-state index contributed by atoms with van der Waals surface area (Å²) in [5.74, 6) is -0.403. The summed E-state index contributed by atoms with van der Waals surface area (Å²) < 4.78 is 34.1. The molecule has 1 fully saturated rings. The van der Waals surface area contributed by atoms with E-state index in [4.69, 9.17) is 16.3 Å². The number of nitrogens with zero attached hydrogens (tertiary/aromatic N) is 2. The first-order chi connectivity index (χ1) is 20.1. The van der Waals surface area contributed by atoms with Crippen molar-refractivity contribution in [1.29, 1.82) is 0 Å². The number of benzene rings is 3. The summed E-state index contributed by atoms with van der Waals surface area (Å²) >= 11 is 6.38. The van der Waals surface area contributed by atoms with Crippen LogP contribution in [0.3, 0.4) is 0 Å². The van der Waals surface area contributed by atoms with Crippen LogP contribution in [-0.2, 0) is 26.2 Å². The number of sulfonamides is 1. The Morgan fingerprint density at radius 2 is 1.71 bits per heavy atom. The van der Waals surface area contributed by atoms with Crippen LogP contribution in [0, 0.1) is 6.92 Å². The fraction of sp³-hybridized carbons (Fsp3) is 0.375. The zero-order valence-corrected chi connectivity index (χ0v) is 25.8. The lowest BCUT2D eigenvalue weighted by Crippen LogP contribution is -2.53. The van der Waals surface area contributed by atoms with Gasteiger partial charge >= 0.3 is 0 Å². The molecule has 224 valence electrons. The number of methoxy groups -OCH3 is 1. The second-order valence-electron chi connectivity index (χ2n) is 10.7. The predicted octanol–water partition coefficient (Wildman–Crippen LogP) is 5.72. The van der Waals surface area contributed by atoms with Gasteiger partial charge in [-0.25, -0.2) is 8.42 Å². The van der Waals surface area contributed by atoms with Gasteiger partial charge in [-0.2, -0.15) is 0 Å². The Bertz CT molecular complexity index is 1490. The molecule has 0 radical (unpaired) electrons. The van der Waals surface area contributed by atoms with E-state index in [1.807, 2.05) is 31.2 Å². The Balaban J connectivity index is 1.69. The third-order valence-corrected chi connectivity index (χ3v) is 9.67. The molecule has 1 atom stereocenters. The molecular formula is C32H38ClN3O5S. The van der Waals surface area contributed by atoms with Crippen LogP contribution >= 0.6 is 11.6 Å². The average molecular weight is 612 g/mol. The molecule has 1 N–H and O–H groups in total. The lowest BCUT2D eigenvalue weighted by atomic mass is 9.95. The maximum Gasteiger partial charge on any atom is 0.264 e. The highest BCUT2D eigenvalue weighted by Gasteiger charge is 2.33. The van der Waals surface area contributed by atoms with Crippen molar-refractivity contribution in [3.8, 4) is 5.75 Å². The van der Waals surface area contributed by atoms with Gasteiger partial charge in [0.15, 0.2) is 0 Å². The average Bonchev–Trinajstić information content (AvgIpc) is 2.99. The Labute approximate surface area is 253 Å². The predicted molar refractivity (Wildman–Crippen MR) is 165 cm³/mol. The van der Waals surface area contributed by atoms with Crippen LogP contribution in [0.15, 0.2) is 77.7 Å². The largest absolute Gasteiger partial charge is 0.495 e. The van der Waals surface area contributed by atoms with Gasteiger partial charge in [0, 0.05) is 12.6 Å². The van der Waals surface area contributed by atoms with Gasteiger partial charge in [0.05, 0.1) is 22.7 Å². The quantitative estimate of drug-likeness (QED) is 0.299. The molecule has 1 saturated carbocycles. The number of aryl methyl sites for hydroxylation is 1. The molecule has 10 heteroatoms. The number of ether oxygens (including phenoxy) is 1. The fourth-order valence-electron chi connectivity index (χ4n) is 5.22. The standard InChI is InChI=1S/C32H38ClN3O5S/c1-23-11-10-12-25(19-23)21-35(24(2)32(38)34-26-13-6-4-7-14-26)31(37)22-36(27-17-18-30(41-3)29(33)20-27)42(39,40)28-15-8-5-9-16-28/h5,8-12,15-20,24,26H,4,6-7,13-14,21-22H2,1-3H3,(H,34,38)/t24-/m0/s1. The van der Waals surface area contributed by atoms with Crippen molar-refractivity contribution in [3.63, 3.8) is 0 Å². The topological polar surface area (TPSA) is 96.0 Å². The Hall–Kier alpha value is -3.56. The van der Waals surface area contributed by atoms with Crippen molar-refractivity contribution in [3.05, 3.63) is 88.9 Å². The Morgan fingerprint density at radius 3 is 2.36 bits per heavy atom. The van der Waals surface area contributed by atoms with E-state index in [9.17, 15) is 18.0 Å². The van der Waals surface area contributed by atoms with E-state index >= 15 is 0 Å². The summed E-state index contributed by atoms with van der Waals surface area (Å²) in [6, 6.07) is 19.4. The highest BCUT2D eigenvalue weighted by atomic mass is 35.5. The van der Waals surface area contributed by atoms with E-state index in [1.54, 1.807) is 37.3 Å². The maximum atomic E-state index is 14.1. The monoisotopic (exact) mass is 611 g/mol. The van der Waals surface area contributed by atoms with Gasteiger partial charge in [0.25, 0.3) is 10.0 Å². The van der Waals surface area contributed by atoms with Crippen molar-refractivity contribution >= 4 is 39.1 Å². The first-order valence-corrected chi connectivity index (χ1v) is 16.0. The summed E-state index contributed by atoms with van der Waals surface area (Å²) in [4.78, 5) is 29.0. The minimum absolute atomic E-state index is 0.0260. The van der Waals surface area contributed by atoms with Gasteiger partial charge in [-0.3, -0.25) is 13.9 Å². The second-order valence-corrected chi connectivity index (χ2v) is 12.9. The van der Waals surface area contributed by atoms with Gasteiger partial charge in [-0.1, -0.05) is 78.9 Å².